The molecule has 0 aliphatic carbocycles. The van der Waals surface area contributed by atoms with Gasteiger partial charge in [0.05, 0.1) is 7.11 Å². The Morgan fingerprint density at radius 3 is 2.68 bits per heavy atom. The molecule has 108 valence electrons. The summed E-state index contributed by atoms with van der Waals surface area (Å²) in [6, 6.07) is 4.97. The van der Waals surface area contributed by atoms with Crippen LogP contribution in [0.4, 0.5) is 4.39 Å². The van der Waals surface area contributed by atoms with Crippen LogP contribution < -0.4 is 10.1 Å². The Bertz CT molecular complexity index is 439. The van der Waals surface area contributed by atoms with Gasteiger partial charge >= 0.3 is 0 Å². The smallest absolute Gasteiger partial charge is 0.165 e. The number of nitrogens with one attached hydrogen (secondary N) is 1. The zero-order chi connectivity index (χ0) is 14.4. The first-order valence-corrected chi connectivity index (χ1v) is 7.97. The molecule has 0 aliphatic rings. The van der Waals surface area contributed by atoms with E-state index in [9.17, 15) is 8.60 Å². The van der Waals surface area contributed by atoms with Crippen LogP contribution in [0.3, 0.4) is 0 Å². The molecule has 1 N–H and O–H groups in total. The van der Waals surface area contributed by atoms with E-state index in [-0.39, 0.29) is 22.9 Å². The number of hydrogen-bond donors (Lipinski definition) is 1. The molecular formula is C14H22FNO2S. The summed E-state index contributed by atoms with van der Waals surface area (Å²) < 4.78 is 29.5. The third kappa shape index (κ3) is 4.91. The molecule has 0 saturated carbocycles. The minimum Gasteiger partial charge on any atom is -0.494 e. The van der Waals surface area contributed by atoms with Crippen LogP contribution in [-0.2, 0) is 10.8 Å². The summed E-state index contributed by atoms with van der Waals surface area (Å²) >= 11 is 0. The monoisotopic (exact) mass is 287 g/mol. The number of methoxy groups -OCH3 is 1. The van der Waals surface area contributed by atoms with Crippen molar-refractivity contribution in [2.45, 2.75) is 31.6 Å². The molecule has 0 spiro atoms. The summed E-state index contributed by atoms with van der Waals surface area (Å²) in [4.78, 5) is 0. The van der Waals surface area contributed by atoms with Crippen molar-refractivity contribution >= 4 is 10.8 Å². The van der Waals surface area contributed by atoms with Gasteiger partial charge in [-0.1, -0.05) is 13.0 Å². The molecule has 0 aromatic heterocycles. The predicted octanol–water partition coefficient (Wildman–Crippen LogP) is 2.64. The van der Waals surface area contributed by atoms with Crippen molar-refractivity contribution < 1.29 is 13.3 Å². The van der Waals surface area contributed by atoms with E-state index in [1.165, 1.54) is 13.2 Å². The highest BCUT2D eigenvalue weighted by Gasteiger charge is 2.10. The molecule has 1 aromatic rings. The van der Waals surface area contributed by atoms with Gasteiger partial charge in [0.15, 0.2) is 11.6 Å². The fraction of sp³-hybridized carbons (Fsp3) is 0.571. The van der Waals surface area contributed by atoms with Gasteiger partial charge in [-0.3, -0.25) is 4.21 Å². The second kappa shape index (κ2) is 7.60. The van der Waals surface area contributed by atoms with Gasteiger partial charge in [-0.25, -0.2) is 4.39 Å². The number of benzene rings is 1. The Labute approximate surface area is 117 Å². The highest BCUT2D eigenvalue weighted by molar-refractivity contribution is 7.84. The topological polar surface area (TPSA) is 38.3 Å². The lowest BCUT2D eigenvalue weighted by molar-refractivity contribution is 0.385. The molecule has 3 nitrogen and oxygen atoms in total. The van der Waals surface area contributed by atoms with Crippen LogP contribution in [-0.4, -0.2) is 29.4 Å². The van der Waals surface area contributed by atoms with Crippen molar-refractivity contribution in [1.82, 2.24) is 5.32 Å². The van der Waals surface area contributed by atoms with E-state index in [4.69, 9.17) is 4.74 Å². The predicted molar refractivity (Wildman–Crippen MR) is 77.5 cm³/mol. The molecule has 0 fully saturated rings. The van der Waals surface area contributed by atoms with Crippen molar-refractivity contribution in [3.05, 3.63) is 29.6 Å². The molecule has 0 heterocycles. The van der Waals surface area contributed by atoms with Gasteiger partial charge in [0.25, 0.3) is 0 Å². The lowest BCUT2D eigenvalue weighted by Crippen LogP contribution is -2.24. The van der Waals surface area contributed by atoms with Crippen molar-refractivity contribution in [2.24, 2.45) is 0 Å². The molecule has 3 unspecified atom stereocenters. The summed E-state index contributed by atoms with van der Waals surface area (Å²) in [6.45, 7) is 4.77. The molecular weight excluding hydrogens is 265 g/mol. The average Bonchev–Trinajstić information content (AvgIpc) is 2.38. The molecule has 0 radical (unpaired) electrons. The molecule has 3 atom stereocenters. The summed E-state index contributed by atoms with van der Waals surface area (Å²) in [5.41, 5.74) is 0.975. The maximum Gasteiger partial charge on any atom is 0.165 e. The summed E-state index contributed by atoms with van der Waals surface area (Å²) in [5, 5.41) is 3.53. The first-order valence-electron chi connectivity index (χ1n) is 6.34. The summed E-state index contributed by atoms with van der Waals surface area (Å²) in [5.74, 6) is -0.0948. The van der Waals surface area contributed by atoms with Gasteiger partial charge in [-0.2, -0.15) is 0 Å². The standard InChI is InChI=1S/C14H22FNO2S/c1-10(19(4)17)7-8-16-11(2)12-5-6-13(15)14(9-12)18-3/h5-6,9-11,16H,7-8H2,1-4H3. The number of hydrogen-bond acceptors (Lipinski definition) is 3. The quantitative estimate of drug-likeness (QED) is 0.838. The minimum atomic E-state index is -0.787. The first-order chi connectivity index (χ1) is 8.95. The third-order valence-electron chi connectivity index (χ3n) is 3.24. The molecule has 0 bridgehead atoms. The molecule has 1 aromatic carbocycles. The van der Waals surface area contributed by atoms with Crippen LogP contribution in [0.15, 0.2) is 18.2 Å². The largest absolute Gasteiger partial charge is 0.494 e. The van der Waals surface area contributed by atoms with Gasteiger partial charge < -0.3 is 10.1 Å². The van der Waals surface area contributed by atoms with Gasteiger partial charge in [0, 0.05) is 28.3 Å². The SMILES string of the molecule is COc1cc(C(C)NCCC(C)S(C)=O)ccc1F. The van der Waals surface area contributed by atoms with Crippen molar-refractivity contribution in [3.63, 3.8) is 0 Å². The van der Waals surface area contributed by atoms with E-state index in [1.54, 1.807) is 18.4 Å². The molecule has 5 heteroatoms. The molecule has 1 rings (SSSR count). The van der Waals surface area contributed by atoms with Crippen LogP contribution in [0.1, 0.15) is 31.9 Å². The van der Waals surface area contributed by atoms with E-state index >= 15 is 0 Å². The van der Waals surface area contributed by atoms with Crippen LogP contribution in [0.5, 0.6) is 5.75 Å². The van der Waals surface area contributed by atoms with E-state index in [2.05, 4.69) is 5.32 Å². The van der Waals surface area contributed by atoms with E-state index in [0.29, 0.717) is 0 Å². The molecule has 0 aliphatic heterocycles. The first kappa shape index (κ1) is 16.1. The van der Waals surface area contributed by atoms with Crippen molar-refractivity contribution in [3.8, 4) is 5.75 Å². The Morgan fingerprint density at radius 2 is 2.11 bits per heavy atom. The molecule has 0 saturated heterocycles. The van der Waals surface area contributed by atoms with Crippen molar-refractivity contribution in [1.29, 1.82) is 0 Å². The Balaban J connectivity index is 2.54. The second-order valence-corrected chi connectivity index (χ2v) is 6.47. The van der Waals surface area contributed by atoms with E-state index in [1.807, 2.05) is 13.8 Å². The molecule has 0 amide bonds. The van der Waals surface area contributed by atoms with E-state index in [0.717, 1.165) is 18.5 Å². The van der Waals surface area contributed by atoms with Gasteiger partial charge in [0.1, 0.15) is 0 Å². The van der Waals surface area contributed by atoms with Gasteiger partial charge in [-0.15, -0.1) is 0 Å². The zero-order valence-electron chi connectivity index (χ0n) is 11.9. The number of rotatable bonds is 7. The van der Waals surface area contributed by atoms with Crippen LogP contribution in [0.2, 0.25) is 0 Å². The fourth-order valence-corrected chi connectivity index (χ4v) is 2.18. The Morgan fingerprint density at radius 1 is 1.42 bits per heavy atom. The second-order valence-electron chi connectivity index (χ2n) is 4.67. The summed E-state index contributed by atoms with van der Waals surface area (Å²) in [6.07, 6.45) is 2.57. The van der Waals surface area contributed by atoms with Gasteiger partial charge in [0.2, 0.25) is 0 Å². The zero-order valence-corrected chi connectivity index (χ0v) is 12.7. The highest BCUT2D eigenvalue weighted by atomic mass is 32.2. The van der Waals surface area contributed by atoms with Gasteiger partial charge in [-0.05, 0) is 37.6 Å². The number of halogens is 1. The lowest BCUT2D eigenvalue weighted by atomic mass is 10.1. The van der Waals surface area contributed by atoms with Crippen LogP contribution in [0.25, 0.3) is 0 Å². The average molecular weight is 287 g/mol. The maximum atomic E-state index is 13.3. The van der Waals surface area contributed by atoms with E-state index < -0.39 is 10.8 Å². The normalized spacial score (nSPS) is 15.8. The fourth-order valence-electron chi connectivity index (χ4n) is 1.73. The third-order valence-corrected chi connectivity index (χ3v) is 4.61. The van der Waals surface area contributed by atoms with Crippen LogP contribution >= 0.6 is 0 Å². The van der Waals surface area contributed by atoms with Crippen molar-refractivity contribution in [2.75, 3.05) is 19.9 Å². The maximum absolute atomic E-state index is 13.3. The molecule has 19 heavy (non-hydrogen) atoms. The minimum absolute atomic E-state index is 0.104. The van der Waals surface area contributed by atoms with Crippen LogP contribution in [0, 0.1) is 5.82 Å². The number of ether oxygens (including phenoxy) is 1. The Hall–Kier alpha value is -0.940. The lowest BCUT2D eigenvalue weighted by Gasteiger charge is -2.16. The highest BCUT2D eigenvalue weighted by Crippen LogP contribution is 2.22. The Kier molecular flexibility index (Phi) is 6.45. The summed E-state index contributed by atoms with van der Waals surface area (Å²) in [7, 11) is 0.670.